The molecule has 1 aromatic heterocycles. The molecule has 8 heteroatoms. The maximum atomic E-state index is 14.7. The molecule has 0 fully saturated rings. The number of fused-ring (bicyclic) bond motifs is 1. The maximum absolute atomic E-state index is 14.7. The van der Waals surface area contributed by atoms with E-state index in [0.717, 1.165) is 19.2 Å². The van der Waals surface area contributed by atoms with E-state index in [4.69, 9.17) is 4.74 Å². The van der Waals surface area contributed by atoms with Crippen LogP contribution in [0.3, 0.4) is 0 Å². The van der Waals surface area contributed by atoms with Gasteiger partial charge in [-0.05, 0) is 24.3 Å². The first-order valence-electron chi connectivity index (χ1n) is 8.30. The molecule has 0 aliphatic carbocycles. The van der Waals surface area contributed by atoms with E-state index in [1.807, 2.05) is 0 Å². The predicted octanol–water partition coefficient (Wildman–Crippen LogP) is 4.78. The molecule has 0 bridgehead atoms. The molecule has 0 saturated heterocycles. The fourth-order valence-corrected chi connectivity index (χ4v) is 3.16. The number of nitrogens with zero attached hydrogens (tertiary/aromatic N) is 1. The lowest BCUT2D eigenvalue weighted by Gasteiger charge is -2.14. The Kier molecular flexibility index (Phi) is 5.42. The van der Waals surface area contributed by atoms with E-state index in [0.29, 0.717) is 16.5 Å². The minimum atomic E-state index is -4.49. The third-order valence-electron chi connectivity index (χ3n) is 4.39. The lowest BCUT2D eigenvalue weighted by Crippen LogP contribution is -2.10. The number of halogens is 4. The number of carbonyl (C=O) groups excluding carboxylic acids is 1. The summed E-state index contributed by atoms with van der Waals surface area (Å²) in [5.41, 5.74) is 0.0832. The van der Waals surface area contributed by atoms with Crippen LogP contribution < -0.4 is 0 Å². The summed E-state index contributed by atoms with van der Waals surface area (Å²) in [6.45, 7) is -0.00262. The third kappa shape index (κ3) is 3.73. The topological polar surface area (TPSA) is 40.5 Å². The maximum Gasteiger partial charge on any atom is 0.416 e. The van der Waals surface area contributed by atoms with Crippen LogP contribution in [0.5, 0.6) is 0 Å². The molecule has 2 aromatic carbocycles. The van der Waals surface area contributed by atoms with Crippen molar-refractivity contribution in [2.24, 2.45) is 0 Å². The number of methoxy groups -OCH3 is 2. The largest absolute Gasteiger partial charge is 0.465 e. The van der Waals surface area contributed by atoms with Gasteiger partial charge in [-0.25, -0.2) is 9.18 Å². The van der Waals surface area contributed by atoms with Gasteiger partial charge in [-0.2, -0.15) is 13.2 Å². The number of esters is 1. The standard InChI is InChI=1S/C20H17F4NO3/c1-27-11-14-9-15(20(22,23)24)8-12-6-7-25(18(12)14)10-13-4-3-5-16(17(13)21)19(26)28-2/h3-9H,10-11H2,1-2H3. The number of rotatable bonds is 5. The quantitative estimate of drug-likeness (QED) is 0.461. The van der Waals surface area contributed by atoms with E-state index in [1.165, 1.54) is 31.4 Å². The van der Waals surface area contributed by atoms with Crippen LogP contribution in [0.4, 0.5) is 17.6 Å². The Labute approximate surface area is 158 Å². The second-order valence-electron chi connectivity index (χ2n) is 6.22. The Hall–Kier alpha value is -2.87. The van der Waals surface area contributed by atoms with Crippen molar-refractivity contribution in [1.29, 1.82) is 0 Å². The molecule has 4 nitrogen and oxygen atoms in total. The highest BCUT2D eigenvalue weighted by Gasteiger charge is 2.31. The van der Waals surface area contributed by atoms with Crippen LogP contribution in [0, 0.1) is 5.82 Å². The number of ether oxygens (including phenoxy) is 2. The first-order chi connectivity index (χ1) is 13.3. The number of aromatic nitrogens is 1. The van der Waals surface area contributed by atoms with E-state index in [2.05, 4.69) is 4.74 Å². The van der Waals surface area contributed by atoms with Crippen molar-refractivity contribution in [1.82, 2.24) is 4.57 Å². The van der Waals surface area contributed by atoms with Crippen LogP contribution in [0.2, 0.25) is 0 Å². The first-order valence-corrected chi connectivity index (χ1v) is 8.30. The zero-order valence-corrected chi connectivity index (χ0v) is 15.1. The molecule has 0 aliphatic heterocycles. The Morgan fingerprint density at radius 2 is 1.86 bits per heavy atom. The van der Waals surface area contributed by atoms with E-state index < -0.39 is 23.5 Å². The van der Waals surface area contributed by atoms with Crippen LogP contribution in [-0.4, -0.2) is 24.8 Å². The molecule has 0 aliphatic rings. The summed E-state index contributed by atoms with van der Waals surface area (Å²) < 4.78 is 65.4. The molecule has 0 amide bonds. The van der Waals surface area contributed by atoms with Gasteiger partial charge in [0.1, 0.15) is 5.82 Å². The van der Waals surface area contributed by atoms with Gasteiger partial charge < -0.3 is 14.0 Å². The predicted molar refractivity (Wildman–Crippen MR) is 94.5 cm³/mol. The summed E-state index contributed by atoms with van der Waals surface area (Å²) in [6.07, 6.45) is -2.91. The zero-order chi connectivity index (χ0) is 20.5. The summed E-state index contributed by atoms with van der Waals surface area (Å²) >= 11 is 0. The fourth-order valence-electron chi connectivity index (χ4n) is 3.16. The summed E-state index contributed by atoms with van der Waals surface area (Å²) in [5.74, 6) is -1.52. The van der Waals surface area contributed by atoms with Crippen LogP contribution >= 0.6 is 0 Å². The Balaban J connectivity index is 2.09. The van der Waals surface area contributed by atoms with Crippen molar-refractivity contribution in [3.63, 3.8) is 0 Å². The molecule has 0 atom stereocenters. The molecule has 3 aromatic rings. The van der Waals surface area contributed by atoms with Gasteiger partial charge in [0, 0.05) is 29.8 Å². The normalized spacial score (nSPS) is 11.8. The molecule has 0 saturated carbocycles. The summed E-state index contributed by atoms with van der Waals surface area (Å²) in [6, 6.07) is 7.95. The van der Waals surface area contributed by atoms with Gasteiger partial charge in [0.2, 0.25) is 0 Å². The molecule has 28 heavy (non-hydrogen) atoms. The molecule has 0 spiro atoms. The van der Waals surface area contributed by atoms with E-state index >= 15 is 0 Å². The SMILES string of the molecule is COCc1cc(C(F)(F)F)cc2ccn(Cc3cccc(C(=O)OC)c3F)c12. The Morgan fingerprint density at radius 3 is 2.50 bits per heavy atom. The number of alkyl halides is 3. The van der Waals surface area contributed by atoms with Crippen molar-refractivity contribution in [2.45, 2.75) is 19.3 Å². The van der Waals surface area contributed by atoms with Crippen molar-refractivity contribution in [3.05, 3.63) is 70.7 Å². The smallest absolute Gasteiger partial charge is 0.416 e. The van der Waals surface area contributed by atoms with Crippen LogP contribution in [0.1, 0.15) is 27.0 Å². The highest BCUT2D eigenvalue weighted by Crippen LogP contribution is 2.34. The summed E-state index contributed by atoms with van der Waals surface area (Å²) in [5, 5.41) is 0.367. The molecule has 1 heterocycles. The molecule has 0 unspecified atom stereocenters. The van der Waals surface area contributed by atoms with Gasteiger partial charge in [-0.3, -0.25) is 0 Å². The number of benzene rings is 2. The average molecular weight is 395 g/mol. The van der Waals surface area contributed by atoms with Gasteiger partial charge in [0.15, 0.2) is 0 Å². The molecule has 0 radical (unpaired) electrons. The lowest BCUT2D eigenvalue weighted by atomic mass is 10.1. The highest BCUT2D eigenvalue weighted by molar-refractivity contribution is 5.90. The zero-order valence-electron chi connectivity index (χ0n) is 15.1. The molecular weight excluding hydrogens is 378 g/mol. The van der Waals surface area contributed by atoms with Gasteiger partial charge >= 0.3 is 12.1 Å². The van der Waals surface area contributed by atoms with Gasteiger partial charge in [0.25, 0.3) is 0 Å². The third-order valence-corrected chi connectivity index (χ3v) is 4.39. The molecular formula is C20H17F4NO3. The van der Waals surface area contributed by atoms with E-state index in [-0.39, 0.29) is 24.3 Å². The Bertz CT molecular complexity index is 1020. The van der Waals surface area contributed by atoms with E-state index in [1.54, 1.807) is 10.8 Å². The monoisotopic (exact) mass is 395 g/mol. The van der Waals surface area contributed by atoms with Crippen LogP contribution in [0.25, 0.3) is 10.9 Å². The first kappa shape index (κ1) is 19.9. The fraction of sp³-hybridized carbons (Fsp3) is 0.250. The summed E-state index contributed by atoms with van der Waals surface area (Å²) in [7, 11) is 2.54. The Morgan fingerprint density at radius 1 is 1.11 bits per heavy atom. The van der Waals surface area contributed by atoms with Crippen molar-refractivity contribution >= 4 is 16.9 Å². The molecule has 148 valence electrons. The lowest BCUT2D eigenvalue weighted by molar-refractivity contribution is -0.137. The van der Waals surface area contributed by atoms with E-state index in [9.17, 15) is 22.4 Å². The highest BCUT2D eigenvalue weighted by atomic mass is 19.4. The minimum absolute atomic E-state index is 0.0300. The van der Waals surface area contributed by atoms with Crippen molar-refractivity contribution in [3.8, 4) is 0 Å². The molecule has 3 rings (SSSR count). The number of hydrogen-bond donors (Lipinski definition) is 0. The van der Waals surface area contributed by atoms with Crippen LogP contribution in [0.15, 0.2) is 42.6 Å². The van der Waals surface area contributed by atoms with Gasteiger partial charge in [-0.15, -0.1) is 0 Å². The van der Waals surface area contributed by atoms with Gasteiger partial charge in [-0.1, -0.05) is 12.1 Å². The second-order valence-corrected chi connectivity index (χ2v) is 6.22. The van der Waals surface area contributed by atoms with Crippen LogP contribution in [-0.2, 0) is 28.8 Å². The molecule has 0 N–H and O–H groups in total. The van der Waals surface area contributed by atoms with Gasteiger partial charge in [0.05, 0.1) is 36.9 Å². The average Bonchev–Trinajstić information content (AvgIpc) is 3.05. The van der Waals surface area contributed by atoms with Crippen molar-refractivity contribution in [2.75, 3.05) is 14.2 Å². The minimum Gasteiger partial charge on any atom is -0.465 e. The summed E-state index contributed by atoms with van der Waals surface area (Å²) in [4.78, 5) is 11.7. The van der Waals surface area contributed by atoms with Crippen molar-refractivity contribution < 1.29 is 31.8 Å². The number of hydrogen-bond acceptors (Lipinski definition) is 3. The number of carbonyl (C=O) groups is 1. The second kappa shape index (κ2) is 7.63.